The quantitative estimate of drug-likeness (QED) is 0.0986. The molecule has 2 heterocycles. The molecular formula is C46H65NO8. The lowest BCUT2D eigenvalue weighted by Crippen LogP contribution is -2.66. The molecule has 5 N–H and O–H groups in total. The van der Waals surface area contributed by atoms with Gasteiger partial charge in [-0.05, 0) is 122 Å². The molecule has 1 aromatic carbocycles. The average molecular weight is 760 g/mol. The smallest absolute Gasteiger partial charge is 0.227 e. The lowest BCUT2D eigenvalue weighted by Gasteiger charge is -2.63. The average Bonchev–Trinajstić information content (AvgIpc) is 3.79. The minimum absolute atomic E-state index is 0.0806. The number of aromatic hydroxyl groups is 1. The first-order chi connectivity index (χ1) is 26.1. The fourth-order valence-corrected chi connectivity index (χ4v) is 13.2. The highest BCUT2D eigenvalue weighted by molar-refractivity contribution is 5.96. The Bertz CT molecular complexity index is 1740. The van der Waals surface area contributed by atoms with Crippen LogP contribution in [0.25, 0.3) is 0 Å². The third-order valence-electron chi connectivity index (χ3n) is 16.5. The molecule has 3 saturated carbocycles. The van der Waals surface area contributed by atoms with E-state index in [0.29, 0.717) is 69.0 Å². The van der Waals surface area contributed by atoms with Gasteiger partial charge in [-0.1, -0.05) is 66.0 Å². The van der Waals surface area contributed by atoms with Gasteiger partial charge < -0.3 is 35.2 Å². The van der Waals surface area contributed by atoms with Gasteiger partial charge >= 0.3 is 0 Å². The highest BCUT2D eigenvalue weighted by atomic mass is 16.6. The number of allylic oxidation sites excluding steroid dienone is 2. The van der Waals surface area contributed by atoms with E-state index in [-0.39, 0.29) is 66.2 Å². The molecule has 0 spiro atoms. The molecule has 14 atom stereocenters. The number of epoxide rings is 1. The number of carbonyl (C=O) groups excluding carboxylic acids is 2. The molecule has 0 aromatic heterocycles. The van der Waals surface area contributed by atoms with Crippen LogP contribution in [-0.4, -0.2) is 79.4 Å². The van der Waals surface area contributed by atoms with Crippen molar-refractivity contribution in [3.8, 4) is 5.75 Å². The first-order valence-corrected chi connectivity index (χ1v) is 21.6. The second-order valence-electron chi connectivity index (χ2n) is 19.7. The van der Waals surface area contributed by atoms with Crippen LogP contribution >= 0.6 is 0 Å². The molecule has 5 aliphatic carbocycles. The molecule has 0 bridgehead atoms. The predicted octanol–water partition coefficient (Wildman–Crippen LogP) is 6.42. The molecule has 5 fully saturated rings. The third kappa shape index (κ3) is 6.11. The highest BCUT2D eigenvalue weighted by Crippen LogP contribution is 2.73. The van der Waals surface area contributed by atoms with Gasteiger partial charge in [-0.25, -0.2) is 0 Å². The number of ketones is 1. The monoisotopic (exact) mass is 759 g/mol. The Hall–Kier alpha value is -2.56. The highest BCUT2D eigenvalue weighted by Gasteiger charge is 2.75. The van der Waals surface area contributed by atoms with Crippen LogP contribution in [0.3, 0.4) is 0 Å². The number of aliphatic hydroxyl groups is 4. The number of unbranched alkanes of at least 4 members (excludes halogenated alkanes) is 2. The van der Waals surface area contributed by atoms with E-state index < -0.39 is 40.2 Å². The van der Waals surface area contributed by atoms with Gasteiger partial charge in [-0.2, -0.15) is 0 Å². The van der Waals surface area contributed by atoms with Crippen molar-refractivity contribution in [2.75, 3.05) is 11.4 Å². The summed E-state index contributed by atoms with van der Waals surface area (Å²) in [6.07, 6.45) is 12.1. The Kier molecular flexibility index (Phi) is 10.0. The van der Waals surface area contributed by atoms with Gasteiger partial charge in [0.15, 0.2) is 5.78 Å². The number of nitrogens with zero attached hydrogens (tertiary/aromatic N) is 1. The van der Waals surface area contributed by atoms with E-state index in [2.05, 4.69) is 46.8 Å². The number of amides is 1. The van der Waals surface area contributed by atoms with Crippen LogP contribution in [0.15, 0.2) is 42.0 Å². The van der Waals surface area contributed by atoms with Crippen molar-refractivity contribution in [2.24, 2.45) is 52.3 Å². The minimum atomic E-state index is -1.41. The van der Waals surface area contributed by atoms with Crippen LogP contribution in [0.5, 0.6) is 5.75 Å². The summed E-state index contributed by atoms with van der Waals surface area (Å²) >= 11 is 0. The van der Waals surface area contributed by atoms with Crippen molar-refractivity contribution in [1.82, 2.24) is 0 Å². The van der Waals surface area contributed by atoms with Crippen molar-refractivity contribution in [1.29, 1.82) is 0 Å². The Morgan fingerprint density at radius 2 is 1.80 bits per heavy atom. The molecule has 7 aliphatic rings. The molecule has 9 nitrogen and oxygen atoms in total. The summed E-state index contributed by atoms with van der Waals surface area (Å²) in [5, 5.41) is 59.4. The lowest BCUT2D eigenvalue weighted by molar-refractivity contribution is -0.182. The van der Waals surface area contributed by atoms with Crippen LogP contribution in [-0.2, 0) is 20.7 Å². The fraction of sp³-hybridized carbons (Fsp3) is 0.739. The number of fused-ring (bicyclic) bond motifs is 4. The summed E-state index contributed by atoms with van der Waals surface area (Å²) in [5.41, 5.74) is -1.84. The number of aliphatic hydroxyl groups excluding tert-OH is 2. The van der Waals surface area contributed by atoms with Gasteiger partial charge in [-0.15, -0.1) is 0 Å². The van der Waals surface area contributed by atoms with Crippen LogP contribution in [0.1, 0.15) is 117 Å². The van der Waals surface area contributed by atoms with Gasteiger partial charge in [0.2, 0.25) is 5.91 Å². The Balaban J connectivity index is 1.18. The maximum absolute atomic E-state index is 14.1. The van der Waals surface area contributed by atoms with Crippen molar-refractivity contribution in [3.63, 3.8) is 0 Å². The normalized spacial score (nSPS) is 43.9. The van der Waals surface area contributed by atoms with Gasteiger partial charge in [0.1, 0.15) is 17.5 Å². The number of aryl methyl sites for hydroxylation is 1. The number of anilines is 1. The zero-order valence-corrected chi connectivity index (χ0v) is 33.6. The summed E-state index contributed by atoms with van der Waals surface area (Å²) < 4.78 is 6.42. The molecular weight excluding hydrogens is 695 g/mol. The van der Waals surface area contributed by atoms with E-state index in [1.807, 2.05) is 11.0 Å². The van der Waals surface area contributed by atoms with Crippen molar-refractivity contribution >= 4 is 17.4 Å². The van der Waals surface area contributed by atoms with E-state index in [1.54, 1.807) is 18.2 Å². The first kappa shape index (κ1) is 39.3. The summed E-state index contributed by atoms with van der Waals surface area (Å²) in [7, 11) is 0. The Labute approximate surface area is 327 Å². The molecule has 1 amide bonds. The maximum atomic E-state index is 14.1. The molecule has 302 valence electrons. The van der Waals surface area contributed by atoms with Crippen LogP contribution in [0.4, 0.5) is 5.69 Å². The SMILES string of the molecule is CCCCC[C@@H]1CC(=O)N(c2cc(O)cc(CC[C@@]34[C@@H]5C=CC[C@](O)([C@@H]6O[C@H]6[C@H](C)C(C)C)[C@H]3CC[C@@]4(O)C3=CC(=O)[C@@H]4C[C@@H](O)[C@@H](O)C[C@]4(C)[C@H]3C5)c2)C1. The zero-order chi connectivity index (χ0) is 39.2. The molecule has 8 rings (SSSR count). The molecule has 55 heavy (non-hydrogen) atoms. The van der Waals surface area contributed by atoms with Gasteiger partial charge in [-0.3, -0.25) is 9.59 Å². The first-order valence-electron chi connectivity index (χ1n) is 21.6. The number of benzene rings is 1. The van der Waals surface area contributed by atoms with Crippen LogP contribution in [0, 0.1) is 52.3 Å². The number of phenols is 1. The number of rotatable bonds is 11. The van der Waals surface area contributed by atoms with Gasteiger partial charge in [0.25, 0.3) is 0 Å². The number of hydrogen-bond acceptors (Lipinski definition) is 8. The van der Waals surface area contributed by atoms with Crippen molar-refractivity contribution in [2.45, 2.75) is 154 Å². The minimum Gasteiger partial charge on any atom is -0.508 e. The summed E-state index contributed by atoms with van der Waals surface area (Å²) in [4.78, 5) is 29.2. The standard InChI is InChI=1S/C46H65NO8/c1-6-7-8-10-29-19-40(52)47(25-29)31-17-28(18-32(48)21-31)12-15-44-30-11-9-14-45(53,42-41(55-42)27(4)26(2)3)39(44)13-16-46(44,54)34-22-36(49)35-23-37(50)38(51)24-43(35,5)33(34)20-30/h9,11,17-18,21-22,26-27,29-30,33,35,37-39,41-42,48,50-51,53-54H,6-8,10,12-16,19-20,23-25H2,1-5H3/t27-,29-,30-,33+,35+,37-,38+,39+,41+,42-,43-,44-,45-,46-/m1/s1. The van der Waals surface area contributed by atoms with Crippen LogP contribution < -0.4 is 4.90 Å². The largest absolute Gasteiger partial charge is 0.508 e. The van der Waals surface area contributed by atoms with Crippen molar-refractivity contribution in [3.05, 3.63) is 47.6 Å². The second kappa shape index (κ2) is 14.1. The molecule has 2 aliphatic heterocycles. The topological polar surface area (TPSA) is 151 Å². The van der Waals surface area contributed by atoms with E-state index >= 15 is 0 Å². The lowest BCUT2D eigenvalue weighted by atomic mass is 9.42. The number of phenolic OH excluding ortho intramolecular Hbond substituents is 1. The summed E-state index contributed by atoms with van der Waals surface area (Å²) in [6.45, 7) is 11.4. The molecule has 2 saturated heterocycles. The van der Waals surface area contributed by atoms with Crippen LogP contribution in [0.2, 0.25) is 0 Å². The molecule has 1 aromatic rings. The Morgan fingerprint density at radius 1 is 1.02 bits per heavy atom. The van der Waals surface area contributed by atoms with E-state index in [0.717, 1.165) is 36.8 Å². The molecule has 0 radical (unpaired) electrons. The number of hydrogen-bond donors (Lipinski definition) is 5. The van der Waals surface area contributed by atoms with Gasteiger partial charge in [0.05, 0.1) is 23.9 Å². The van der Waals surface area contributed by atoms with E-state index in [1.165, 1.54) is 0 Å². The van der Waals surface area contributed by atoms with E-state index in [9.17, 15) is 35.1 Å². The predicted molar refractivity (Wildman–Crippen MR) is 210 cm³/mol. The Morgan fingerprint density at radius 3 is 2.55 bits per heavy atom. The fourth-order valence-electron chi connectivity index (χ4n) is 13.2. The zero-order valence-electron chi connectivity index (χ0n) is 33.6. The maximum Gasteiger partial charge on any atom is 0.227 e. The molecule has 0 unspecified atom stereocenters. The second-order valence-corrected chi connectivity index (χ2v) is 19.7. The van der Waals surface area contributed by atoms with Crippen molar-refractivity contribution < 1.29 is 39.9 Å². The van der Waals surface area contributed by atoms with E-state index in [4.69, 9.17) is 4.74 Å². The summed E-state index contributed by atoms with van der Waals surface area (Å²) in [5.74, 6) is -0.0881. The number of ether oxygens (including phenoxy) is 1. The van der Waals surface area contributed by atoms with Gasteiger partial charge in [0, 0.05) is 42.0 Å². The summed E-state index contributed by atoms with van der Waals surface area (Å²) in [6, 6.07) is 5.46. The third-order valence-corrected chi connectivity index (χ3v) is 16.5. The molecule has 9 heteroatoms. The number of carbonyl (C=O) groups is 2.